The van der Waals surface area contributed by atoms with Crippen molar-refractivity contribution in [2.75, 3.05) is 17.2 Å². The predicted octanol–water partition coefficient (Wildman–Crippen LogP) is 5.22. The number of hydrogen-bond donors (Lipinski definition) is 2. The number of fused-ring (bicyclic) bond motifs is 1. The molecule has 1 aromatic carbocycles. The molecule has 1 heterocycles. The van der Waals surface area contributed by atoms with Crippen LogP contribution in [0.3, 0.4) is 0 Å². The highest BCUT2D eigenvalue weighted by atomic mass is 32.1. The summed E-state index contributed by atoms with van der Waals surface area (Å²) in [7, 11) is 0. The van der Waals surface area contributed by atoms with Gasteiger partial charge in [0, 0.05) is 22.2 Å². The fourth-order valence-electron chi connectivity index (χ4n) is 3.40. The van der Waals surface area contributed by atoms with E-state index in [-0.39, 0.29) is 16.8 Å². The molecule has 9 heteroatoms. The number of nitrogens with zero attached hydrogens (tertiary/aromatic N) is 1. The largest absolute Gasteiger partial charge is 0.462 e. The fraction of sp³-hybridized carbons (Fsp3) is 0.400. The van der Waals surface area contributed by atoms with Crippen molar-refractivity contribution in [3.8, 4) is 0 Å². The lowest BCUT2D eigenvalue weighted by molar-refractivity contribution is -0.385. The van der Waals surface area contributed by atoms with Crippen LogP contribution in [0, 0.1) is 17.0 Å². The van der Waals surface area contributed by atoms with Gasteiger partial charge in [0.15, 0.2) is 5.11 Å². The SMILES string of the molecule is CCOC(=O)c1c(NC(=S)Nc2ccc(C)c([N+](=O)[O-])c2)sc2c1CCCCC2. The number of ether oxygens (including phenoxy) is 1. The van der Waals surface area contributed by atoms with Gasteiger partial charge in [0.1, 0.15) is 5.00 Å². The van der Waals surface area contributed by atoms with Crippen LogP contribution in [0.5, 0.6) is 0 Å². The van der Waals surface area contributed by atoms with Gasteiger partial charge in [0.05, 0.1) is 17.1 Å². The van der Waals surface area contributed by atoms with E-state index < -0.39 is 4.92 Å². The average Bonchev–Trinajstić information content (AvgIpc) is 2.83. The Morgan fingerprint density at radius 2 is 2.03 bits per heavy atom. The Morgan fingerprint density at radius 3 is 2.76 bits per heavy atom. The summed E-state index contributed by atoms with van der Waals surface area (Å²) >= 11 is 6.93. The summed E-state index contributed by atoms with van der Waals surface area (Å²) < 4.78 is 5.28. The topological polar surface area (TPSA) is 93.5 Å². The highest BCUT2D eigenvalue weighted by Crippen LogP contribution is 2.38. The van der Waals surface area contributed by atoms with Crippen LogP contribution in [-0.4, -0.2) is 22.6 Å². The molecule has 2 N–H and O–H groups in total. The Kier molecular flexibility index (Phi) is 6.81. The van der Waals surface area contributed by atoms with Crippen molar-refractivity contribution < 1.29 is 14.5 Å². The van der Waals surface area contributed by atoms with Crippen molar-refractivity contribution in [1.29, 1.82) is 0 Å². The molecule has 154 valence electrons. The molecule has 0 unspecified atom stereocenters. The van der Waals surface area contributed by atoms with Crippen LogP contribution in [0.25, 0.3) is 0 Å². The predicted molar refractivity (Wildman–Crippen MR) is 119 cm³/mol. The van der Waals surface area contributed by atoms with Gasteiger partial charge in [-0.05, 0) is 63.4 Å². The summed E-state index contributed by atoms with van der Waals surface area (Å²) in [6, 6.07) is 4.84. The first-order chi connectivity index (χ1) is 13.9. The Labute approximate surface area is 178 Å². The first-order valence-corrected chi connectivity index (χ1v) is 10.8. The summed E-state index contributed by atoms with van der Waals surface area (Å²) in [5.74, 6) is -0.344. The fourth-order valence-corrected chi connectivity index (χ4v) is 4.97. The first-order valence-electron chi connectivity index (χ1n) is 9.55. The maximum absolute atomic E-state index is 12.6. The number of rotatable bonds is 5. The van der Waals surface area contributed by atoms with Crippen molar-refractivity contribution in [3.63, 3.8) is 0 Å². The highest BCUT2D eigenvalue weighted by molar-refractivity contribution is 7.80. The molecular weight excluding hydrogens is 410 g/mol. The summed E-state index contributed by atoms with van der Waals surface area (Å²) in [6.07, 6.45) is 5.10. The number of esters is 1. The quantitative estimate of drug-likeness (QED) is 0.219. The van der Waals surface area contributed by atoms with Gasteiger partial charge in [-0.3, -0.25) is 10.1 Å². The number of thiophene rings is 1. The zero-order valence-corrected chi connectivity index (χ0v) is 18.0. The molecule has 1 aliphatic rings. The number of benzene rings is 1. The van der Waals surface area contributed by atoms with Crippen molar-refractivity contribution in [2.45, 2.75) is 46.0 Å². The number of aryl methyl sites for hydroxylation is 2. The highest BCUT2D eigenvalue weighted by Gasteiger charge is 2.26. The number of nitrogens with one attached hydrogen (secondary N) is 2. The zero-order valence-electron chi connectivity index (χ0n) is 16.4. The van der Waals surface area contributed by atoms with Crippen LogP contribution in [0.2, 0.25) is 0 Å². The van der Waals surface area contributed by atoms with E-state index in [9.17, 15) is 14.9 Å². The number of hydrogen-bond acceptors (Lipinski definition) is 6. The molecule has 0 atom stereocenters. The molecule has 0 bridgehead atoms. The first kappa shape index (κ1) is 21.2. The van der Waals surface area contributed by atoms with Gasteiger partial charge in [-0.25, -0.2) is 4.79 Å². The maximum atomic E-state index is 12.6. The van der Waals surface area contributed by atoms with E-state index in [4.69, 9.17) is 17.0 Å². The van der Waals surface area contributed by atoms with E-state index in [0.717, 1.165) is 37.7 Å². The molecule has 2 aromatic rings. The minimum Gasteiger partial charge on any atom is -0.462 e. The van der Waals surface area contributed by atoms with E-state index >= 15 is 0 Å². The van der Waals surface area contributed by atoms with Gasteiger partial charge in [0.2, 0.25) is 0 Å². The lowest BCUT2D eigenvalue weighted by Gasteiger charge is -2.12. The van der Waals surface area contributed by atoms with Crippen LogP contribution < -0.4 is 10.6 Å². The molecular formula is C20H23N3O4S2. The van der Waals surface area contributed by atoms with Crippen LogP contribution in [0.4, 0.5) is 16.4 Å². The molecule has 0 spiro atoms. The molecule has 7 nitrogen and oxygen atoms in total. The van der Waals surface area contributed by atoms with Crippen molar-refractivity contribution in [3.05, 3.63) is 49.9 Å². The number of carbonyl (C=O) groups is 1. The summed E-state index contributed by atoms with van der Waals surface area (Å²) in [4.78, 5) is 24.5. The summed E-state index contributed by atoms with van der Waals surface area (Å²) in [5, 5.41) is 18.2. The molecule has 3 rings (SSSR count). The molecule has 0 radical (unpaired) electrons. The van der Waals surface area contributed by atoms with Gasteiger partial charge in [-0.2, -0.15) is 0 Å². The standard InChI is InChI=1S/C20H23N3O4S2/c1-3-27-19(24)17-14-7-5-4-6-8-16(14)29-18(17)22-20(28)21-13-10-9-12(2)15(11-13)23(25)26/h9-11H,3-8H2,1-2H3,(H2,21,22,28). The molecule has 0 fully saturated rings. The number of thiocarbonyl (C=S) groups is 1. The van der Waals surface area contributed by atoms with Crippen LogP contribution in [0.1, 0.15) is 52.5 Å². The number of anilines is 2. The van der Waals surface area contributed by atoms with E-state index in [1.165, 1.54) is 22.3 Å². The van der Waals surface area contributed by atoms with Gasteiger partial charge >= 0.3 is 5.97 Å². The van der Waals surface area contributed by atoms with E-state index in [0.29, 0.717) is 28.4 Å². The molecule has 29 heavy (non-hydrogen) atoms. The summed E-state index contributed by atoms with van der Waals surface area (Å²) in [6.45, 7) is 3.77. The normalized spacial score (nSPS) is 13.2. The third-order valence-corrected chi connectivity index (χ3v) is 6.20. The average molecular weight is 434 g/mol. The minimum atomic E-state index is -0.424. The number of nitro benzene ring substituents is 1. The molecule has 0 aliphatic heterocycles. The van der Waals surface area contributed by atoms with Gasteiger partial charge in [-0.1, -0.05) is 12.5 Å². The van der Waals surface area contributed by atoms with Crippen LogP contribution >= 0.6 is 23.6 Å². The lowest BCUT2D eigenvalue weighted by Crippen LogP contribution is -2.20. The Bertz CT molecular complexity index is 955. The van der Waals surface area contributed by atoms with E-state index in [2.05, 4.69) is 10.6 Å². The van der Waals surface area contributed by atoms with Crippen molar-refractivity contribution in [1.82, 2.24) is 0 Å². The Balaban J connectivity index is 1.84. The van der Waals surface area contributed by atoms with Gasteiger partial charge in [0.25, 0.3) is 5.69 Å². The van der Waals surface area contributed by atoms with E-state index in [1.807, 2.05) is 0 Å². The smallest absolute Gasteiger partial charge is 0.341 e. The monoisotopic (exact) mass is 433 g/mol. The molecule has 0 saturated heterocycles. The maximum Gasteiger partial charge on any atom is 0.341 e. The van der Waals surface area contributed by atoms with Crippen molar-refractivity contribution in [2.24, 2.45) is 0 Å². The second-order valence-electron chi connectivity index (χ2n) is 6.83. The third-order valence-electron chi connectivity index (χ3n) is 4.79. The molecule has 0 saturated carbocycles. The van der Waals surface area contributed by atoms with Crippen molar-refractivity contribution >= 4 is 51.0 Å². The summed E-state index contributed by atoms with van der Waals surface area (Å²) in [5.41, 5.74) is 2.73. The second kappa shape index (κ2) is 9.32. The molecule has 1 aromatic heterocycles. The Hall–Kier alpha value is -2.52. The minimum absolute atomic E-state index is 0.0212. The number of carbonyl (C=O) groups excluding carboxylic acids is 1. The lowest BCUT2D eigenvalue weighted by atomic mass is 10.1. The third kappa shape index (κ3) is 4.91. The van der Waals surface area contributed by atoms with Gasteiger partial charge in [-0.15, -0.1) is 11.3 Å². The Morgan fingerprint density at radius 1 is 1.28 bits per heavy atom. The van der Waals surface area contributed by atoms with Crippen LogP contribution in [0.15, 0.2) is 18.2 Å². The number of nitro groups is 1. The zero-order chi connectivity index (χ0) is 21.0. The van der Waals surface area contributed by atoms with Gasteiger partial charge < -0.3 is 15.4 Å². The second-order valence-corrected chi connectivity index (χ2v) is 8.34. The van der Waals surface area contributed by atoms with E-state index in [1.54, 1.807) is 26.0 Å². The molecule has 1 aliphatic carbocycles. The molecule has 0 amide bonds. The van der Waals surface area contributed by atoms with Crippen LogP contribution in [-0.2, 0) is 17.6 Å².